The number of nitrogens with one attached hydrogen (secondary N) is 1. The molecule has 1 aromatic carbocycles. The van der Waals surface area contributed by atoms with Crippen LogP contribution < -0.4 is 10.1 Å². The number of carbonyl (C=O) groups is 2. The highest BCUT2D eigenvalue weighted by atomic mass is 16.5. The molecule has 0 aliphatic carbocycles. The van der Waals surface area contributed by atoms with E-state index < -0.39 is 0 Å². The minimum Gasteiger partial charge on any atom is -0.493 e. The minimum absolute atomic E-state index is 0.00706. The Kier molecular flexibility index (Phi) is 3.82. The Hall–Kier alpha value is -2.04. The normalized spacial score (nSPS) is 21.9. The molecule has 2 amide bonds. The summed E-state index contributed by atoms with van der Waals surface area (Å²) in [7, 11) is 0. The highest BCUT2D eigenvalue weighted by molar-refractivity contribution is 5.95. The van der Waals surface area contributed by atoms with Gasteiger partial charge >= 0.3 is 0 Å². The molecule has 0 aromatic heterocycles. The lowest BCUT2D eigenvalue weighted by molar-refractivity contribution is -0.120. The van der Waals surface area contributed by atoms with Crippen LogP contribution in [0.4, 0.5) is 0 Å². The molecule has 2 aliphatic rings. The Morgan fingerprint density at radius 2 is 2.24 bits per heavy atom. The van der Waals surface area contributed by atoms with Crippen molar-refractivity contribution in [1.82, 2.24) is 10.2 Å². The zero-order valence-corrected chi connectivity index (χ0v) is 12.2. The Balaban J connectivity index is 1.82. The van der Waals surface area contributed by atoms with Crippen LogP contribution in [0.1, 0.15) is 35.7 Å². The van der Waals surface area contributed by atoms with E-state index in [0.717, 1.165) is 30.8 Å². The number of aryl methyl sites for hydroxylation is 1. The quantitative estimate of drug-likeness (QED) is 0.849. The molecule has 2 aliphatic heterocycles. The van der Waals surface area contributed by atoms with Crippen LogP contribution in [-0.4, -0.2) is 42.5 Å². The fourth-order valence-electron chi connectivity index (χ4n) is 2.86. The van der Waals surface area contributed by atoms with E-state index in [9.17, 15) is 9.59 Å². The summed E-state index contributed by atoms with van der Waals surface area (Å²) >= 11 is 0. The molecule has 0 unspecified atom stereocenters. The van der Waals surface area contributed by atoms with E-state index in [1.54, 1.807) is 4.90 Å². The zero-order chi connectivity index (χ0) is 14.8. The number of carbonyl (C=O) groups excluding carboxylic acids is 2. The molecule has 21 heavy (non-hydrogen) atoms. The number of rotatable bonds is 1. The van der Waals surface area contributed by atoms with Gasteiger partial charge in [0.15, 0.2) is 0 Å². The summed E-state index contributed by atoms with van der Waals surface area (Å²) in [6.45, 7) is 3.69. The van der Waals surface area contributed by atoms with Crippen molar-refractivity contribution < 1.29 is 14.3 Å². The molecule has 0 radical (unpaired) electrons. The largest absolute Gasteiger partial charge is 0.493 e. The monoisotopic (exact) mass is 288 g/mol. The molecule has 3 rings (SSSR count). The van der Waals surface area contributed by atoms with Crippen LogP contribution in [-0.2, 0) is 11.2 Å². The Labute approximate surface area is 124 Å². The van der Waals surface area contributed by atoms with E-state index >= 15 is 0 Å². The van der Waals surface area contributed by atoms with Gasteiger partial charge in [0, 0.05) is 31.1 Å². The third-order valence-electron chi connectivity index (χ3n) is 4.12. The van der Waals surface area contributed by atoms with Crippen molar-refractivity contribution >= 4 is 11.8 Å². The average Bonchev–Trinajstić information content (AvgIpc) is 2.68. The maximum absolute atomic E-state index is 12.7. The van der Waals surface area contributed by atoms with Crippen molar-refractivity contribution in [3.8, 4) is 5.75 Å². The molecule has 5 heteroatoms. The van der Waals surface area contributed by atoms with E-state index in [0.29, 0.717) is 25.1 Å². The summed E-state index contributed by atoms with van der Waals surface area (Å²) < 4.78 is 5.58. The Morgan fingerprint density at radius 3 is 3.10 bits per heavy atom. The second-order valence-electron chi connectivity index (χ2n) is 5.68. The lowest BCUT2D eigenvalue weighted by Gasteiger charge is -2.27. The van der Waals surface area contributed by atoms with Crippen LogP contribution in [0.2, 0.25) is 0 Å². The van der Waals surface area contributed by atoms with E-state index in [1.165, 1.54) is 0 Å². The number of hydrogen-bond acceptors (Lipinski definition) is 3. The summed E-state index contributed by atoms with van der Waals surface area (Å²) in [5, 5.41) is 2.83. The second kappa shape index (κ2) is 5.76. The molecule has 0 saturated carbocycles. The van der Waals surface area contributed by atoms with Crippen molar-refractivity contribution in [2.24, 2.45) is 0 Å². The lowest BCUT2D eigenvalue weighted by Crippen LogP contribution is -2.41. The summed E-state index contributed by atoms with van der Waals surface area (Å²) in [5.74, 6) is 0.891. The first-order valence-corrected chi connectivity index (χ1v) is 7.48. The summed E-state index contributed by atoms with van der Waals surface area (Å²) in [5.41, 5.74) is 1.78. The van der Waals surface area contributed by atoms with Crippen molar-refractivity contribution in [2.45, 2.75) is 32.2 Å². The van der Waals surface area contributed by atoms with Crippen LogP contribution in [0.15, 0.2) is 18.2 Å². The lowest BCUT2D eigenvalue weighted by atomic mass is 10.0. The van der Waals surface area contributed by atoms with Gasteiger partial charge in [-0.2, -0.15) is 0 Å². The highest BCUT2D eigenvalue weighted by Gasteiger charge is 2.26. The third kappa shape index (κ3) is 2.86. The molecule has 0 bridgehead atoms. The van der Waals surface area contributed by atoms with Gasteiger partial charge in [-0.3, -0.25) is 9.59 Å². The number of hydrogen-bond donors (Lipinski definition) is 1. The van der Waals surface area contributed by atoms with E-state index in [-0.39, 0.29) is 17.9 Å². The van der Waals surface area contributed by atoms with Gasteiger partial charge in [-0.25, -0.2) is 0 Å². The van der Waals surface area contributed by atoms with Crippen molar-refractivity contribution in [2.75, 3.05) is 19.7 Å². The first-order chi connectivity index (χ1) is 10.1. The Bertz CT molecular complexity index is 571. The molecule has 0 spiro atoms. The van der Waals surface area contributed by atoms with Crippen LogP contribution in [0.3, 0.4) is 0 Å². The molecule has 1 N–H and O–H groups in total. The number of nitrogens with zero attached hydrogens (tertiary/aromatic N) is 1. The van der Waals surface area contributed by atoms with Crippen LogP contribution >= 0.6 is 0 Å². The molecule has 5 nitrogen and oxygen atoms in total. The maximum Gasteiger partial charge on any atom is 0.254 e. The minimum atomic E-state index is -0.00706. The number of amides is 2. The van der Waals surface area contributed by atoms with Gasteiger partial charge in [0.25, 0.3) is 5.91 Å². The maximum atomic E-state index is 12.7. The standard InChI is InChI=1S/C16H20N2O3/c1-11-10-17-15(19)6-7-18(11)16(20)13-4-5-14-12(9-13)3-2-8-21-14/h4-5,9,11H,2-3,6-8,10H2,1H3,(H,17,19)/t11-/m0/s1. The van der Waals surface area contributed by atoms with Crippen molar-refractivity contribution in [1.29, 1.82) is 0 Å². The highest BCUT2D eigenvalue weighted by Crippen LogP contribution is 2.26. The predicted octanol–water partition coefficient (Wildman–Crippen LogP) is 1.36. The van der Waals surface area contributed by atoms with Gasteiger partial charge in [-0.15, -0.1) is 0 Å². The fraction of sp³-hybridized carbons (Fsp3) is 0.500. The van der Waals surface area contributed by atoms with E-state index in [2.05, 4.69) is 5.32 Å². The molecule has 112 valence electrons. The smallest absolute Gasteiger partial charge is 0.254 e. The van der Waals surface area contributed by atoms with Gasteiger partial charge in [-0.05, 0) is 43.5 Å². The van der Waals surface area contributed by atoms with Crippen LogP contribution in [0.5, 0.6) is 5.75 Å². The molecule has 1 atom stereocenters. The summed E-state index contributed by atoms with van der Waals surface area (Å²) in [4.78, 5) is 25.9. The Morgan fingerprint density at radius 1 is 1.38 bits per heavy atom. The van der Waals surface area contributed by atoms with Crippen molar-refractivity contribution in [3.63, 3.8) is 0 Å². The van der Waals surface area contributed by atoms with Gasteiger partial charge in [0.1, 0.15) is 5.75 Å². The van der Waals surface area contributed by atoms with Gasteiger partial charge in [-0.1, -0.05) is 0 Å². The molecule has 2 heterocycles. The number of fused-ring (bicyclic) bond motifs is 1. The SMILES string of the molecule is C[C@H]1CNC(=O)CCN1C(=O)c1ccc2c(c1)CCCO2. The topological polar surface area (TPSA) is 58.6 Å². The summed E-state index contributed by atoms with van der Waals surface area (Å²) in [6.07, 6.45) is 2.30. The van der Waals surface area contributed by atoms with E-state index in [1.807, 2.05) is 25.1 Å². The van der Waals surface area contributed by atoms with Crippen LogP contribution in [0, 0.1) is 0 Å². The zero-order valence-electron chi connectivity index (χ0n) is 12.2. The first kappa shape index (κ1) is 13.9. The molecule has 1 fully saturated rings. The average molecular weight is 288 g/mol. The van der Waals surface area contributed by atoms with Gasteiger partial charge < -0.3 is 15.0 Å². The second-order valence-corrected chi connectivity index (χ2v) is 5.68. The summed E-state index contributed by atoms with van der Waals surface area (Å²) in [6, 6.07) is 5.65. The predicted molar refractivity (Wildman–Crippen MR) is 78.4 cm³/mol. The first-order valence-electron chi connectivity index (χ1n) is 7.48. The number of ether oxygens (including phenoxy) is 1. The molecular weight excluding hydrogens is 268 g/mol. The fourth-order valence-corrected chi connectivity index (χ4v) is 2.86. The molecule has 1 aromatic rings. The van der Waals surface area contributed by atoms with Crippen molar-refractivity contribution in [3.05, 3.63) is 29.3 Å². The van der Waals surface area contributed by atoms with Crippen LogP contribution in [0.25, 0.3) is 0 Å². The molecular formula is C16H20N2O3. The van der Waals surface area contributed by atoms with E-state index in [4.69, 9.17) is 4.74 Å². The van der Waals surface area contributed by atoms with Gasteiger partial charge in [0.05, 0.1) is 6.61 Å². The molecule has 1 saturated heterocycles. The number of benzene rings is 1. The third-order valence-corrected chi connectivity index (χ3v) is 4.12. The van der Waals surface area contributed by atoms with Gasteiger partial charge in [0.2, 0.25) is 5.91 Å².